The lowest BCUT2D eigenvalue weighted by molar-refractivity contribution is -0.138. The van der Waals surface area contributed by atoms with Crippen molar-refractivity contribution in [1.82, 2.24) is 10.2 Å². The molecule has 2 aliphatic rings. The van der Waals surface area contributed by atoms with Crippen LogP contribution in [0.1, 0.15) is 22.3 Å². The molecule has 0 aromatic heterocycles. The lowest BCUT2D eigenvalue weighted by Crippen LogP contribution is -2.53. The van der Waals surface area contributed by atoms with E-state index < -0.39 is 12.1 Å². The van der Waals surface area contributed by atoms with Crippen molar-refractivity contribution in [3.8, 4) is 0 Å². The predicted octanol–water partition coefficient (Wildman–Crippen LogP) is 4.06. The average molecular weight is 497 g/mol. The molecule has 3 aromatic rings. The molecule has 2 heterocycles. The summed E-state index contributed by atoms with van der Waals surface area (Å²) >= 11 is 12.2. The van der Waals surface area contributed by atoms with Crippen molar-refractivity contribution in [2.45, 2.75) is 31.0 Å². The molecule has 8 heteroatoms. The monoisotopic (exact) mass is 496 g/mol. The van der Waals surface area contributed by atoms with E-state index >= 15 is 0 Å². The summed E-state index contributed by atoms with van der Waals surface area (Å²) in [6.45, 7) is 0.420. The van der Waals surface area contributed by atoms with Crippen molar-refractivity contribution in [2.24, 2.45) is 0 Å². The first-order valence-electron chi connectivity index (χ1n) is 11.1. The number of carbonyl (C=O) groups excluding carboxylic acids is 3. The predicted molar refractivity (Wildman–Crippen MR) is 130 cm³/mol. The maximum Gasteiger partial charge on any atom is 0.251 e. The minimum Gasteiger partial charge on any atom is -0.368 e. The average Bonchev–Trinajstić information content (AvgIpc) is 3.43. The second-order valence-corrected chi connectivity index (χ2v) is 9.44. The quantitative estimate of drug-likeness (QED) is 0.577. The van der Waals surface area contributed by atoms with Gasteiger partial charge < -0.3 is 15.0 Å². The van der Waals surface area contributed by atoms with Gasteiger partial charge in [0.15, 0.2) is 5.78 Å². The Labute approximate surface area is 206 Å². The van der Waals surface area contributed by atoms with E-state index in [0.717, 1.165) is 16.3 Å². The number of rotatable bonds is 5. The van der Waals surface area contributed by atoms with E-state index in [1.165, 1.54) is 0 Å². The fourth-order valence-electron chi connectivity index (χ4n) is 4.72. The number of nitrogens with zero attached hydrogens (tertiary/aromatic N) is 1. The van der Waals surface area contributed by atoms with Gasteiger partial charge in [0.2, 0.25) is 5.91 Å². The topological polar surface area (TPSA) is 75.7 Å². The van der Waals surface area contributed by atoms with Gasteiger partial charge in [-0.25, -0.2) is 0 Å². The highest BCUT2D eigenvalue weighted by Crippen LogP contribution is 2.29. The molecule has 2 fully saturated rings. The maximum absolute atomic E-state index is 13.6. The van der Waals surface area contributed by atoms with Gasteiger partial charge in [-0.05, 0) is 47.0 Å². The first-order chi connectivity index (χ1) is 16.4. The number of likely N-dealkylation sites (tertiary alicyclic amines) is 1. The molecule has 6 nitrogen and oxygen atoms in total. The molecule has 34 heavy (non-hydrogen) atoms. The van der Waals surface area contributed by atoms with E-state index in [1.807, 2.05) is 30.3 Å². The van der Waals surface area contributed by atoms with Crippen LogP contribution < -0.4 is 5.32 Å². The van der Waals surface area contributed by atoms with E-state index in [0.29, 0.717) is 28.6 Å². The van der Waals surface area contributed by atoms with Crippen LogP contribution in [0.4, 0.5) is 0 Å². The Morgan fingerprint density at radius 3 is 2.62 bits per heavy atom. The van der Waals surface area contributed by atoms with Gasteiger partial charge in [-0.3, -0.25) is 14.4 Å². The van der Waals surface area contributed by atoms with Gasteiger partial charge in [0, 0.05) is 18.5 Å². The van der Waals surface area contributed by atoms with Crippen LogP contribution in [0.5, 0.6) is 0 Å². The van der Waals surface area contributed by atoms with Crippen molar-refractivity contribution >= 4 is 51.6 Å². The van der Waals surface area contributed by atoms with Crippen molar-refractivity contribution < 1.29 is 19.1 Å². The third-order valence-electron chi connectivity index (χ3n) is 6.43. The van der Waals surface area contributed by atoms with Crippen LogP contribution in [0.3, 0.4) is 0 Å². The zero-order chi connectivity index (χ0) is 23.8. The number of benzene rings is 3. The summed E-state index contributed by atoms with van der Waals surface area (Å²) in [5, 5.41) is 5.62. The molecule has 2 amide bonds. The number of hydrogen-bond acceptors (Lipinski definition) is 4. The highest BCUT2D eigenvalue weighted by atomic mass is 35.5. The minimum absolute atomic E-state index is 0.0139. The highest BCUT2D eigenvalue weighted by molar-refractivity contribution is 6.42. The zero-order valence-corrected chi connectivity index (χ0v) is 19.7. The molecular formula is C26H22Cl2N2O4. The van der Waals surface area contributed by atoms with E-state index in [9.17, 15) is 14.4 Å². The molecule has 3 aromatic carbocycles. The SMILES string of the molecule is O=C(NC(Cc1ccc(Cl)c(Cl)c1)C(=O)N1CCC2OCC(=O)C21)c1ccc2ccccc2c1. The Kier molecular flexibility index (Phi) is 6.30. The molecule has 0 bridgehead atoms. The van der Waals surface area contributed by atoms with Gasteiger partial charge in [-0.2, -0.15) is 0 Å². The van der Waals surface area contributed by atoms with Gasteiger partial charge in [-0.15, -0.1) is 0 Å². The van der Waals surface area contributed by atoms with E-state index in [2.05, 4.69) is 5.32 Å². The number of fused-ring (bicyclic) bond motifs is 2. The second-order valence-electron chi connectivity index (χ2n) is 8.62. The third-order valence-corrected chi connectivity index (χ3v) is 7.17. The number of ether oxygens (including phenoxy) is 1. The fourth-order valence-corrected chi connectivity index (χ4v) is 5.04. The number of Topliss-reactive ketones (excluding diaryl/α,β-unsaturated/α-hetero) is 1. The molecule has 174 valence electrons. The Morgan fingerprint density at radius 1 is 1.03 bits per heavy atom. The summed E-state index contributed by atoms with van der Waals surface area (Å²) in [5.41, 5.74) is 1.20. The molecular weight excluding hydrogens is 475 g/mol. The standard InChI is InChI=1S/C26H22Cl2N2O4/c27-19-8-5-15(11-20(19)28)12-21(26(33)30-10-9-23-24(30)22(31)14-34-23)29-25(32)18-7-6-16-3-1-2-4-17(16)13-18/h1-8,11,13,21,23-24H,9-10,12,14H2,(H,29,32). The van der Waals surface area contributed by atoms with E-state index in [1.54, 1.807) is 35.2 Å². The molecule has 2 aliphatic heterocycles. The van der Waals surface area contributed by atoms with Gasteiger partial charge in [0.05, 0.1) is 16.1 Å². The number of hydrogen-bond donors (Lipinski definition) is 1. The maximum atomic E-state index is 13.6. The third kappa shape index (κ3) is 4.41. The van der Waals surface area contributed by atoms with Crippen LogP contribution in [-0.2, 0) is 20.7 Å². The summed E-state index contributed by atoms with van der Waals surface area (Å²) in [7, 11) is 0. The Morgan fingerprint density at radius 2 is 1.82 bits per heavy atom. The smallest absolute Gasteiger partial charge is 0.251 e. The molecule has 1 N–H and O–H groups in total. The lowest BCUT2D eigenvalue weighted by Gasteiger charge is -2.28. The summed E-state index contributed by atoms with van der Waals surface area (Å²) in [6, 6.07) is 16.8. The number of nitrogens with one attached hydrogen (secondary N) is 1. The Hall–Kier alpha value is -2.93. The minimum atomic E-state index is -0.886. The molecule has 0 aliphatic carbocycles. The van der Waals surface area contributed by atoms with Crippen LogP contribution in [0.25, 0.3) is 10.8 Å². The fraction of sp³-hybridized carbons (Fsp3) is 0.269. The summed E-state index contributed by atoms with van der Waals surface area (Å²) in [4.78, 5) is 40.7. The Bertz CT molecular complexity index is 1290. The van der Waals surface area contributed by atoms with Crippen LogP contribution in [0.15, 0.2) is 60.7 Å². The van der Waals surface area contributed by atoms with Crippen molar-refractivity contribution in [3.05, 3.63) is 81.8 Å². The summed E-state index contributed by atoms with van der Waals surface area (Å²) in [5.74, 6) is -0.787. The summed E-state index contributed by atoms with van der Waals surface area (Å²) in [6.07, 6.45) is 0.524. The molecule has 0 radical (unpaired) electrons. The molecule has 5 rings (SSSR count). The normalized spacial score (nSPS) is 20.4. The van der Waals surface area contributed by atoms with Crippen LogP contribution in [-0.4, -0.2) is 53.8 Å². The summed E-state index contributed by atoms with van der Waals surface area (Å²) < 4.78 is 5.52. The Balaban J connectivity index is 1.42. The first kappa shape index (κ1) is 22.8. The molecule has 3 atom stereocenters. The van der Waals surface area contributed by atoms with E-state index in [-0.39, 0.29) is 36.7 Å². The van der Waals surface area contributed by atoms with Crippen molar-refractivity contribution in [1.29, 1.82) is 0 Å². The van der Waals surface area contributed by atoms with Gasteiger partial charge in [0.1, 0.15) is 18.7 Å². The van der Waals surface area contributed by atoms with Gasteiger partial charge in [-0.1, -0.05) is 59.6 Å². The van der Waals surface area contributed by atoms with Crippen LogP contribution in [0.2, 0.25) is 10.0 Å². The molecule has 3 unspecified atom stereocenters. The largest absolute Gasteiger partial charge is 0.368 e. The molecule has 0 spiro atoms. The number of carbonyl (C=O) groups is 3. The van der Waals surface area contributed by atoms with Crippen molar-refractivity contribution in [3.63, 3.8) is 0 Å². The van der Waals surface area contributed by atoms with Gasteiger partial charge >= 0.3 is 0 Å². The van der Waals surface area contributed by atoms with Crippen molar-refractivity contribution in [2.75, 3.05) is 13.2 Å². The second kappa shape index (κ2) is 9.37. The number of amides is 2. The number of ketones is 1. The van der Waals surface area contributed by atoms with Crippen LogP contribution in [0, 0.1) is 0 Å². The number of halogens is 2. The van der Waals surface area contributed by atoms with E-state index in [4.69, 9.17) is 27.9 Å². The zero-order valence-electron chi connectivity index (χ0n) is 18.2. The molecule has 2 saturated heterocycles. The first-order valence-corrected chi connectivity index (χ1v) is 11.8. The lowest BCUT2D eigenvalue weighted by atomic mass is 10.0. The van der Waals surface area contributed by atoms with Gasteiger partial charge in [0.25, 0.3) is 5.91 Å². The highest BCUT2D eigenvalue weighted by Gasteiger charge is 2.48. The van der Waals surface area contributed by atoms with Crippen LogP contribution >= 0.6 is 23.2 Å². The molecule has 0 saturated carbocycles.